The van der Waals surface area contributed by atoms with Crippen molar-refractivity contribution in [1.29, 1.82) is 0 Å². The van der Waals surface area contributed by atoms with Crippen LogP contribution >= 0.6 is 11.3 Å². The number of benzene rings is 1. The third kappa shape index (κ3) is 3.54. The van der Waals surface area contributed by atoms with Crippen LogP contribution in [0, 0.1) is 6.92 Å². The Labute approximate surface area is 167 Å². The van der Waals surface area contributed by atoms with Crippen molar-refractivity contribution < 1.29 is 9.53 Å². The van der Waals surface area contributed by atoms with Gasteiger partial charge in [0.2, 0.25) is 0 Å². The zero-order valence-corrected chi connectivity index (χ0v) is 17.1. The normalized spacial score (nSPS) is 16.7. The van der Waals surface area contributed by atoms with Crippen LogP contribution in [0.3, 0.4) is 0 Å². The van der Waals surface area contributed by atoms with Gasteiger partial charge in [0, 0.05) is 37.3 Å². The molecule has 4 rings (SSSR count). The number of amides is 1. The molecule has 1 amide bonds. The van der Waals surface area contributed by atoms with E-state index in [1.165, 1.54) is 6.07 Å². The fourth-order valence-corrected chi connectivity index (χ4v) is 4.39. The largest absolute Gasteiger partial charge is 0.488 e. The summed E-state index contributed by atoms with van der Waals surface area (Å²) in [5.74, 6) is 0.581. The standard InChI is InChI=1S/C21H23N3O3S/c1-4-19-22-17-6-5-14(10-18(17)28-19)21(26)24-8-7-15(12-24)27-16-9-13(2)23(3)20(25)11-16/h5-6,9-11,15H,4,7-8,12H2,1-3H3. The molecule has 0 N–H and O–H groups in total. The van der Waals surface area contributed by atoms with E-state index in [2.05, 4.69) is 11.9 Å². The predicted molar refractivity (Wildman–Crippen MR) is 110 cm³/mol. The molecule has 1 unspecified atom stereocenters. The molecule has 0 radical (unpaired) electrons. The van der Waals surface area contributed by atoms with Gasteiger partial charge in [0.1, 0.15) is 11.9 Å². The highest BCUT2D eigenvalue weighted by Crippen LogP contribution is 2.25. The molecule has 146 valence electrons. The summed E-state index contributed by atoms with van der Waals surface area (Å²) in [6, 6.07) is 9.06. The van der Waals surface area contributed by atoms with Crippen LogP contribution < -0.4 is 10.3 Å². The Bertz CT molecular complexity index is 1100. The molecule has 1 aliphatic rings. The molecular weight excluding hydrogens is 374 g/mol. The van der Waals surface area contributed by atoms with Crippen molar-refractivity contribution >= 4 is 27.5 Å². The summed E-state index contributed by atoms with van der Waals surface area (Å²) in [5, 5.41) is 1.08. The van der Waals surface area contributed by atoms with Crippen molar-refractivity contribution in [2.75, 3.05) is 13.1 Å². The zero-order valence-electron chi connectivity index (χ0n) is 16.3. The number of likely N-dealkylation sites (tertiary alicyclic amines) is 1. The monoisotopic (exact) mass is 397 g/mol. The minimum Gasteiger partial charge on any atom is -0.488 e. The van der Waals surface area contributed by atoms with E-state index in [1.807, 2.05) is 36.1 Å². The Morgan fingerprint density at radius 3 is 2.89 bits per heavy atom. The molecule has 0 saturated carbocycles. The lowest BCUT2D eigenvalue weighted by atomic mass is 10.2. The Morgan fingerprint density at radius 2 is 2.14 bits per heavy atom. The highest BCUT2D eigenvalue weighted by Gasteiger charge is 2.28. The molecule has 7 heteroatoms. The van der Waals surface area contributed by atoms with E-state index in [9.17, 15) is 9.59 Å². The van der Waals surface area contributed by atoms with Gasteiger partial charge in [-0.15, -0.1) is 11.3 Å². The molecular formula is C21H23N3O3S. The van der Waals surface area contributed by atoms with Gasteiger partial charge in [0.05, 0.1) is 21.8 Å². The number of ether oxygens (including phenoxy) is 1. The first-order valence-electron chi connectivity index (χ1n) is 9.47. The van der Waals surface area contributed by atoms with Gasteiger partial charge in [-0.25, -0.2) is 4.98 Å². The molecule has 28 heavy (non-hydrogen) atoms. The van der Waals surface area contributed by atoms with E-state index in [0.717, 1.165) is 33.8 Å². The second-order valence-electron chi connectivity index (χ2n) is 7.15. The maximum atomic E-state index is 12.9. The lowest BCUT2D eigenvalue weighted by Gasteiger charge is -2.18. The fraction of sp³-hybridized carbons (Fsp3) is 0.381. The molecule has 1 aromatic carbocycles. The van der Waals surface area contributed by atoms with Crippen molar-refractivity contribution in [3.63, 3.8) is 0 Å². The van der Waals surface area contributed by atoms with E-state index < -0.39 is 0 Å². The van der Waals surface area contributed by atoms with E-state index in [-0.39, 0.29) is 17.6 Å². The van der Waals surface area contributed by atoms with Gasteiger partial charge >= 0.3 is 0 Å². The first-order chi connectivity index (χ1) is 13.4. The molecule has 6 nitrogen and oxygen atoms in total. The molecule has 1 aliphatic heterocycles. The van der Waals surface area contributed by atoms with Crippen molar-refractivity contribution in [2.24, 2.45) is 7.05 Å². The first kappa shape index (κ1) is 18.7. The highest BCUT2D eigenvalue weighted by atomic mass is 32.1. The maximum absolute atomic E-state index is 12.9. The average Bonchev–Trinajstić information content (AvgIpc) is 3.31. The van der Waals surface area contributed by atoms with Crippen molar-refractivity contribution in [3.05, 3.63) is 57.0 Å². The van der Waals surface area contributed by atoms with E-state index in [4.69, 9.17) is 4.74 Å². The Hall–Kier alpha value is -2.67. The summed E-state index contributed by atoms with van der Waals surface area (Å²) in [7, 11) is 1.74. The smallest absolute Gasteiger partial charge is 0.254 e. The lowest BCUT2D eigenvalue weighted by molar-refractivity contribution is 0.0772. The van der Waals surface area contributed by atoms with Gasteiger partial charge in [-0.1, -0.05) is 6.92 Å². The number of pyridine rings is 1. The second kappa shape index (κ2) is 7.39. The summed E-state index contributed by atoms with van der Waals surface area (Å²) in [4.78, 5) is 31.2. The second-order valence-corrected chi connectivity index (χ2v) is 8.27. The zero-order chi connectivity index (χ0) is 19.8. The molecule has 1 saturated heterocycles. The van der Waals surface area contributed by atoms with Crippen LogP contribution in [0.5, 0.6) is 5.75 Å². The van der Waals surface area contributed by atoms with Crippen LogP contribution in [-0.2, 0) is 13.5 Å². The van der Waals surface area contributed by atoms with Crippen LogP contribution in [-0.4, -0.2) is 39.6 Å². The van der Waals surface area contributed by atoms with Gasteiger partial charge in [-0.3, -0.25) is 9.59 Å². The first-order valence-corrected chi connectivity index (χ1v) is 10.3. The molecule has 2 aromatic heterocycles. The lowest BCUT2D eigenvalue weighted by Crippen LogP contribution is -2.31. The summed E-state index contributed by atoms with van der Waals surface area (Å²) >= 11 is 1.64. The van der Waals surface area contributed by atoms with Gasteiger partial charge in [0.25, 0.3) is 11.5 Å². The number of carbonyl (C=O) groups is 1. The van der Waals surface area contributed by atoms with Gasteiger partial charge in [0.15, 0.2) is 0 Å². The molecule has 0 spiro atoms. The van der Waals surface area contributed by atoms with Crippen LogP contribution in [0.2, 0.25) is 0 Å². The molecule has 3 heterocycles. The number of hydrogen-bond donors (Lipinski definition) is 0. The van der Waals surface area contributed by atoms with Gasteiger partial charge in [-0.05, 0) is 37.6 Å². The Balaban J connectivity index is 1.46. The van der Waals surface area contributed by atoms with Crippen molar-refractivity contribution in [3.8, 4) is 5.75 Å². The van der Waals surface area contributed by atoms with Gasteiger partial charge < -0.3 is 14.2 Å². The van der Waals surface area contributed by atoms with Crippen molar-refractivity contribution in [2.45, 2.75) is 32.8 Å². The van der Waals surface area contributed by atoms with Crippen LogP contribution in [0.25, 0.3) is 10.2 Å². The summed E-state index contributed by atoms with van der Waals surface area (Å²) in [6.45, 7) is 5.12. The number of aryl methyl sites for hydroxylation is 2. The minimum absolute atomic E-state index is 0.0135. The number of rotatable bonds is 4. The topological polar surface area (TPSA) is 64.4 Å². The molecule has 1 fully saturated rings. The Kier molecular flexibility index (Phi) is 4.93. The number of fused-ring (bicyclic) bond motifs is 1. The number of hydrogen-bond acceptors (Lipinski definition) is 5. The third-order valence-corrected chi connectivity index (χ3v) is 6.36. The number of aromatic nitrogens is 2. The third-order valence-electron chi connectivity index (χ3n) is 5.19. The van der Waals surface area contributed by atoms with Crippen LogP contribution in [0.15, 0.2) is 35.1 Å². The van der Waals surface area contributed by atoms with E-state index >= 15 is 0 Å². The fourth-order valence-electron chi connectivity index (χ4n) is 3.45. The maximum Gasteiger partial charge on any atom is 0.254 e. The van der Waals surface area contributed by atoms with E-state index in [1.54, 1.807) is 23.0 Å². The summed E-state index contributed by atoms with van der Waals surface area (Å²) in [5.41, 5.74) is 2.38. The SMILES string of the molecule is CCc1nc2ccc(C(=O)N3CCC(Oc4cc(C)n(C)c(=O)c4)C3)cc2s1. The quantitative estimate of drug-likeness (QED) is 0.678. The molecule has 3 aromatic rings. The van der Waals surface area contributed by atoms with Crippen LogP contribution in [0.1, 0.15) is 34.4 Å². The number of thiazole rings is 1. The Morgan fingerprint density at radius 1 is 1.32 bits per heavy atom. The van der Waals surface area contributed by atoms with Crippen molar-refractivity contribution in [1.82, 2.24) is 14.5 Å². The molecule has 1 atom stereocenters. The summed E-state index contributed by atoms with van der Waals surface area (Å²) in [6.07, 6.45) is 1.55. The number of nitrogens with zero attached hydrogens (tertiary/aromatic N) is 3. The molecule has 0 aliphatic carbocycles. The summed E-state index contributed by atoms with van der Waals surface area (Å²) < 4.78 is 8.61. The minimum atomic E-state index is -0.103. The average molecular weight is 398 g/mol. The number of carbonyl (C=O) groups excluding carboxylic acids is 1. The van der Waals surface area contributed by atoms with Gasteiger partial charge in [-0.2, -0.15) is 0 Å². The predicted octanol–water partition coefficient (Wildman–Crippen LogP) is 3.16. The highest BCUT2D eigenvalue weighted by molar-refractivity contribution is 7.18. The van der Waals surface area contributed by atoms with Crippen LogP contribution in [0.4, 0.5) is 0 Å². The molecule has 0 bridgehead atoms. The van der Waals surface area contributed by atoms with E-state index in [0.29, 0.717) is 24.4 Å².